The molecule has 1 aromatic heterocycles. The zero-order valence-electron chi connectivity index (χ0n) is 24.0. The molecule has 1 N–H and O–H groups in total. The Balaban J connectivity index is 1.39. The largest absolute Gasteiger partial charge is 0.493 e. The third-order valence-corrected chi connectivity index (χ3v) is 6.70. The monoisotopic (exact) mass is 617 g/mol. The highest BCUT2D eigenvalue weighted by molar-refractivity contribution is 7.22. The highest BCUT2D eigenvalue weighted by atomic mass is 32.1. The molecule has 4 rings (SSSR count). The predicted octanol–water partition coefficient (Wildman–Crippen LogP) is 5.79. The molecule has 44 heavy (non-hydrogen) atoms. The van der Waals surface area contributed by atoms with E-state index >= 15 is 0 Å². The first kappa shape index (κ1) is 31.7. The normalized spacial score (nSPS) is 10.8. The summed E-state index contributed by atoms with van der Waals surface area (Å²) in [7, 11) is 0. The van der Waals surface area contributed by atoms with Gasteiger partial charge in [0.25, 0.3) is 0 Å². The van der Waals surface area contributed by atoms with Crippen LogP contribution in [0.2, 0.25) is 0 Å². The Morgan fingerprint density at radius 3 is 2.34 bits per heavy atom. The Kier molecular flexibility index (Phi) is 11.8. The molecule has 0 unspecified atom stereocenters. The number of hydrazone groups is 1. The van der Waals surface area contributed by atoms with Crippen molar-refractivity contribution in [2.75, 3.05) is 31.9 Å². The second-order valence-electron chi connectivity index (χ2n) is 9.09. The van der Waals surface area contributed by atoms with Crippen molar-refractivity contribution in [2.45, 2.75) is 19.8 Å². The summed E-state index contributed by atoms with van der Waals surface area (Å²) in [5, 5.41) is 4.92. The van der Waals surface area contributed by atoms with Gasteiger partial charge in [0.2, 0.25) is 5.13 Å². The zero-order valence-corrected chi connectivity index (χ0v) is 24.8. The standard InChI is InChI=1S/C32H31N3O8S/c1-3-30(37)42-19-7-17-40-25-12-10-23(11-13-25)31(38)43-28-15-14-26(41-18-6-16-39-22(2)36)20-24(28)21-33-35-32-34-27-8-4-5-9-29(27)44-32/h3-5,8-15,20-21H,1,6-7,16-19H2,2H3,(H,34,35)/b33-21+. The van der Waals surface area contributed by atoms with E-state index in [1.165, 1.54) is 24.5 Å². The Labute approximate surface area is 258 Å². The van der Waals surface area contributed by atoms with Crippen molar-refractivity contribution in [3.8, 4) is 17.2 Å². The third-order valence-electron chi connectivity index (χ3n) is 5.76. The molecular formula is C32H31N3O8S. The van der Waals surface area contributed by atoms with Crippen LogP contribution in [0.5, 0.6) is 17.2 Å². The van der Waals surface area contributed by atoms with Crippen molar-refractivity contribution in [1.29, 1.82) is 0 Å². The second kappa shape index (κ2) is 16.4. The molecule has 0 atom stereocenters. The number of esters is 3. The van der Waals surface area contributed by atoms with E-state index in [0.717, 1.165) is 16.3 Å². The number of anilines is 1. The maximum Gasteiger partial charge on any atom is 0.343 e. The van der Waals surface area contributed by atoms with E-state index in [2.05, 4.69) is 22.1 Å². The molecule has 0 saturated heterocycles. The highest BCUT2D eigenvalue weighted by Crippen LogP contribution is 2.27. The molecule has 1 heterocycles. The minimum atomic E-state index is -0.572. The SMILES string of the molecule is C=CC(=O)OCCCOc1ccc(C(=O)Oc2ccc(OCCCOC(C)=O)cc2/C=N/Nc2nc3ccccc3s2)cc1. The number of fused-ring (bicyclic) bond motifs is 1. The van der Waals surface area contributed by atoms with Gasteiger partial charge in [0, 0.05) is 31.4 Å². The van der Waals surface area contributed by atoms with Crippen molar-refractivity contribution in [1.82, 2.24) is 4.98 Å². The fourth-order valence-corrected chi connectivity index (χ4v) is 4.49. The van der Waals surface area contributed by atoms with Crippen LogP contribution < -0.4 is 19.6 Å². The van der Waals surface area contributed by atoms with E-state index in [1.807, 2.05) is 24.3 Å². The van der Waals surface area contributed by atoms with Crippen molar-refractivity contribution >= 4 is 50.8 Å². The summed E-state index contributed by atoms with van der Waals surface area (Å²) in [6.45, 7) is 5.82. The Bertz CT molecular complexity index is 1580. The van der Waals surface area contributed by atoms with E-state index in [4.69, 9.17) is 23.7 Å². The Morgan fingerprint density at radius 2 is 1.61 bits per heavy atom. The number of benzene rings is 3. The summed E-state index contributed by atoms with van der Waals surface area (Å²) in [4.78, 5) is 39.5. The molecule has 11 nitrogen and oxygen atoms in total. The minimum Gasteiger partial charge on any atom is -0.493 e. The number of ether oxygens (including phenoxy) is 5. The molecule has 228 valence electrons. The summed E-state index contributed by atoms with van der Waals surface area (Å²) in [6, 6.07) is 19.3. The summed E-state index contributed by atoms with van der Waals surface area (Å²) in [5.41, 5.74) is 4.59. The van der Waals surface area contributed by atoms with Crippen LogP contribution in [-0.2, 0) is 19.1 Å². The van der Waals surface area contributed by atoms with Gasteiger partial charge in [-0.25, -0.2) is 14.6 Å². The first-order valence-corrected chi connectivity index (χ1v) is 14.5. The minimum absolute atomic E-state index is 0.217. The predicted molar refractivity (Wildman–Crippen MR) is 167 cm³/mol. The number of aromatic nitrogens is 1. The number of carbonyl (C=O) groups excluding carboxylic acids is 3. The van der Waals surface area contributed by atoms with Gasteiger partial charge in [0.1, 0.15) is 17.2 Å². The van der Waals surface area contributed by atoms with Crippen LogP contribution in [-0.4, -0.2) is 55.5 Å². The highest BCUT2D eigenvalue weighted by Gasteiger charge is 2.13. The van der Waals surface area contributed by atoms with E-state index in [0.29, 0.717) is 53.8 Å². The lowest BCUT2D eigenvalue weighted by Gasteiger charge is -2.11. The van der Waals surface area contributed by atoms with Crippen LogP contribution in [0.1, 0.15) is 35.7 Å². The topological polar surface area (TPSA) is 135 Å². The quantitative estimate of drug-likeness (QED) is 0.0411. The van der Waals surface area contributed by atoms with Crippen LogP contribution in [0.4, 0.5) is 5.13 Å². The number of hydrogen-bond donors (Lipinski definition) is 1. The lowest BCUT2D eigenvalue weighted by Crippen LogP contribution is -2.11. The van der Waals surface area contributed by atoms with Gasteiger partial charge >= 0.3 is 17.9 Å². The summed E-state index contributed by atoms with van der Waals surface area (Å²) in [5.74, 6) is -0.0509. The van der Waals surface area contributed by atoms with Crippen LogP contribution in [0.3, 0.4) is 0 Å². The molecule has 0 amide bonds. The Hall–Kier alpha value is -5.23. The Morgan fingerprint density at radius 1 is 0.909 bits per heavy atom. The van der Waals surface area contributed by atoms with Gasteiger partial charge in [-0.2, -0.15) is 5.10 Å². The fraction of sp³-hybridized carbons (Fsp3) is 0.219. The summed E-state index contributed by atoms with van der Waals surface area (Å²) in [6.07, 6.45) is 3.65. The molecule has 0 bridgehead atoms. The van der Waals surface area contributed by atoms with Gasteiger partial charge in [-0.15, -0.1) is 0 Å². The molecule has 12 heteroatoms. The molecule has 0 aliphatic carbocycles. The average Bonchev–Trinajstić information content (AvgIpc) is 3.44. The van der Waals surface area contributed by atoms with E-state index in [1.54, 1.807) is 42.5 Å². The van der Waals surface area contributed by atoms with Crippen molar-refractivity contribution in [2.24, 2.45) is 5.10 Å². The van der Waals surface area contributed by atoms with Gasteiger partial charge < -0.3 is 23.7 Å². The van der Waals surface area contributed by atoms with E-state index < -0.39 is 11.9 Å². The number of thiazole rings is 1. The molecule has 0 radical (unpaired) electrons. The second-order valence-corrected chi connectivity index (χ2v) is 10.1. The van der Waals surface area contributed by atoms with Gasteiger partial charge in [-0.05, 0) is 54.6 Å². The average molecular weight is 618 g/mol. The number of para-hydroxylation sites is 1. The molecule has 0 spiro atoms. The number of rotatable bonds is 16. The van der Waals surface area contributed by atoms with Crippen LogP contribution in [0.25, 0.3) is 10.2 Å². The van der Waals surface area contributed by atoms with E-state index in [9.17, 15) is 14.4 Å². The molecule has 0 aliphatic heterocycles. The van der Waals surface area contributed by atoms with Gasteiger partial charge in [-0.3, -0.25) is 10.2 Å². The number of nitrogens with zero attached hydrogens (tertiary/aromatic N) is 2. The maximum atomic E-state index is 13.0. The van der Waals surface area contributed by atoms with Crippen molar-refractivity contribution in [3.63, 3.8) is 0 Å². The van der Waals surface area contributed by atoms with Crippen LogP contribution >= 0.6 is 11.3 Å². The number of hydrogen-bond acceptors (Lipinski definition) is 12. The number of nitrogens with one attached hydrogen (secondary N) is 1. The van der Waals surface area contributed by atoms with Crippen LogP contribution in [0, 0.1) is 0 Å². The molecular weight excluding hydrogens is 586 g/mol. The maximum absolute atomic E-state index is 13.0. The lowest BCUT2D eigenvalue weighted by atomic mass is 10.2. The third kappa shape index (κ3) is 9.95. The molecule has 4 aromatic rings. The first-order chi connectivity index (χ1) is 21.4. The summed E-state index contributed by atoms with van der Waals surface area (Å²) < 4.78 is 28.0. The zero-order chi connectivity index (χ0) is 31.1. The lowest BCUT2D eigenvalue weighted by molar-refractivity contribution is -0.141. The van der Waals surface area contributed by atoms with E-state index in [-0.39, 0.29) is 24.9 Å². The van der Waals surface area contributed by atoms with Gasteiger partial charge in [-0.1, -0.05) is 30.0 Å². The smallest absolute Gasteiger partial charge is 0.343 e. The van der Waals surface area contributed by atoms with Crippen molar-refractivity contribution in [3.05, 3.63) is 90.5 Å². The fourth-order valence-electron chi connectivity index (χ4n) is 3.68. The number of carbonyl (C=O) groups is 3. The van der Waals surface area contributed by atoms with Crippen molar-refractivity contribution < 1.29 is 38.1 Å². The first-order valence-electron chi connectivity index (χ1n) is 13.7. The van der Waals surface area contributed by atoms with Gasteiger partial charge in [0.15, 0.2) is 0 Å². The van der Waals surface area contributed by atoms with Gasteiger partial charge in [0.05, 0.1) is 48.4 Å². The molecule has 0 aliphatic rings. The molecule has 0 fully saturated rings. The van der Waals surface area contributed by atoms with Crippen LogP contribution in [0.15, 0.2) is 84.5 Å². The molecule has 0 saturated carbocycles. The summed E-state index contributed by atoms with van der Waals surface area (Å²) >= 11 is 1.46. The molecule has 3 aromatic carbocycles.